The second-order valence-electron chi connectivity index (χ2n) is 5.40. The van der Waals surface area contributed by atoms with Gasteiger partial charge in [0, 0.05) is 12.0 Å². The van der Waals surface area contributed by atoms with Crippen molar-refractivity contribution in [1.29, 1.82) is 0 Å². The lowest BCUT2D eigenvalue weighted by Crippen LogP contribution is -2.05. The first kappa shape index (κ1) is 13.3. The van der Waals surface area contributed by atoms with Gasteiger partial charge in [0.25, 0.3) is 0 Å². The number of methoxy groups -OCH3 is 2. The molecule has 0 bridgehead atoms. The monoisotopic (exact) mass is 247 g/mol. The van der Waals surface area contributed by atoms with Crippen LogP contribution in [0.4, 0.5) is 0 Å². The van der Waals surface area contributed by atoms with E-state index in [0.717, 1.165) is 23.3 Å². The molecule has 2 heteroatoms. The molecule has 0 amide bonds. The molecule has 0 spiro atoms. The molecule has 1 saturated carbocycles. The van der Waals surface area contributed by atoms with E-state index in [1.165, 1.54) is 30.7 Å². The third kappa shape index (κ3) is 3.18. The molecular weight excluding hydrogens is 224 g/mol. The molecule has 18 heavy (non-hydrogen) atoms. The average molecular weight is 247 g/mol. The Morgan fingerprint density at radius 3 is 2.17 bits per heavy atom. The van der Waals surface area contributed by atoms with Crippen molar-refractivity contribution in [2.45, 2.75) is 33.1 Å². The Morgan fingerprint density at radius 1 is 1.17 bits per heavy atom. The van der Waals surface area contributed by atoms with Gasteiger partial charge in [-0.3, -0.25) is 0 Å². The van der Waals surface area contributed by atoms with Crippen LogP contribution in [0, 0.1) is 17.8 Å². The molecule has 0 saturated heterocycles. The molecule has 0 aromatic heterocycles. The molecule has 1 aromatic carbocycles. The molecule has 1 unspecified atom stereocenters. The van der Waals surface area contributed by atoms with Crippen molar-refractivity contribution in [3.05, 3.63) is 29.7 Å². The van der Waals surface area contributed by atoms with Gasteiger partial charge in [0.15, 0.2) is 0 Å². The van der Waals surface area contributed by atoms with E-state index in [9.17, 15) is 0 Å². The van der Waals surface area contributed by atoms with E-state index in [1.807, 2.05) is 6.07 Å². The largest absolute Gasteiger partial charge is 0.497 e. The van der Waals surface area contributed by atoms with Crippen molar-refractivity contribution in [3.8, 4) is 11.5 Å². The van der Waals surface area contributed by atoms with E-state index in [1.54, 1.807) is 14.2 Å². The van der Waals surface area contributed by atoms with Crippen molar-refractivity contribution in [2.24, 2.45) is 11.8 Å². The highest BCUT2D eigenvalue weighted by Gasteiger charge is 2.29. The first-order valence-electron chi connectivity index (χ1n) is 6.70. The SMILES string of the molecule is COc1cc(OC)cc([C](C)CC(C)C2CC2)c1. The van der Waals surface area contributed by atoms with Crippen LogP contribution in [0.15, 0.2) is 18.2 Å². The minimum Gasteiger partial charge on any atom is -0.497 e. The van der Waals surface area contributed by atoms with Crippen molar-refractivity contribution in [3.63, 3.8) is 0 Å². The van der Waals surface area contributed by atoms with Crippen LogP contribution in [0.5, 0.6) is 11.5 Å². The first-order valence-corrected chi connectivity index (χ1v) is 6.70. The van der Waals surface area contributed by atoms with Crippen LogP contribution in [0.25, 0.3) is 0 Å². The summed E-state index contributed by atoms with van der Waals surface area (Å²) in [5, 5.41) is 0. The fourth-order valence-electron chi connectivity index (χ4n) is 2.49. The second kappa shape index (κ2) is 5.64. The second-order valence-corrected chi connectivity index (χ2v) is 5.40. The molecule has 99 valence electrons. The third-order valence-corrected chi connectivity index (χ3v) is 3.90. The zero-order valence-electron chi connectivity index (χ0n) is 11.8. The maximum absolute atomic E-state index is 5.32. The van der Waals surface area contributed by atoms with Gasteiger partial charge in [0.1, 0.15) is 11.5 Å². The summed E-state index contributed by atoms with van der Waals surface area (Å²) in [5.74, 6) is 4.90. The van der Waals surface area contributed by atoms with Gasteiger partial charge in [0.05, 0.1) is 14.2 Å². The van der Waals surface area contributed by atoms with E-state index in [4.69, 9.17) is 9.47 Å². The number of hydrogen-bond acceptors (Lipinski definition) is 2. The molecule has 1 aliphatic carbocycles. The summed E-state index contributed by atoms with van der Waals surface area (Å²) in [4.78, 5) is 0. The minimum absolute atomic E-state index is 0.794. The Morgan fingerprint density at radius 2 is 1.72 bits per heavy atom. The number of hydrogen-bond donors (Lipinski definition) is 0. The Hall–Kier alpha value is -1.18. The van der Waals surface area contributed by atoms with Crippen LogP contribution in [0.3, 0.4) is 0 Å². The number of benzene rings is 1. The smallest absolute Gasteiger partial charge is 0.122 e. The molecule has 0 heterocycles. The quantitative estimate of drug-likeness (QED) is 0.754. The Bertz CT molecular complexity index is 374. The summed E-state index contributed by atoms with van der Waals surface area (Å²) in [6.07, 6.45) is 3.99. The van der Waals surface area contributed by atoms with E-state index in [2.05, 4.69) is 26.0 Å². The average Bonchev–Trinajstić information content (AvgIpc) is 3.22. The fraction of sp³-hybridized carbons (Fsp3) is 0.562. The Labute approximate surface area is 110 Å². The molecule has 2 nitrogen and oxygen atoms in total. The van der Waals surface area contributed by atoms with Gasteiger partial charge in [-0.15, -0.1) is 0 Å². The van der Waals surface area contributed by atoms with Crippen molar-refractivity contribution >= 4 is 0 Å². The summed E-state index contributed by atoms with van der Waals surface area (Å²) < 4.78 is 10.6. The highest BCUT2D eigenvalue weighted by atomic mass is 16.5. The third-order valence-electron chi connectivity index (χ3n) is 3.90. The molecular formula is C16H23O2. The van der Waals surface area contributed by atoms with E-state index < -0.39 is 0 Å². The van der Waals surface area contributed by atoms with Crippen molar-refractivity contribution in [1.82, 2.24) is 0 Å². The maximum Gasteiger partial charge on any atom is 0.122 e. The lowest BCUT2D eigenvalue weighted by Gasteiger charge is -2.18. The van der Waals surface area contributed by atoms with Crippen LogP contribution in [-0.4, -0.2) is 14.2 Å². The molecule has 1 atom stereocenters. The van der Waals surface area contributed by atoms with Crippen LogP contribution in [0.1, 0.15) is 38.7 Å². The van der Waals surface area contributed by atoms with Gasteiger partial charge < -0.3 is 9.47 Å². The molecule has 1 aliphatic rings. The van der Waals surface area contributed by atoms with Gasteiger partial charge in [-0.2, -0.15) is 0 Å². The van der Waals surface area contributed by atoms with Crippen LogP contribution in [-0.2, 0) is 0 Å². The lowest BCUT2D eigenvalue weighted by molar-refractivity contribution is 0.393. The van der Waals surface area contributed by atoms with Crippen LogP contribution in [0.2, 0.25) is 0 Å². The Balaban J connectivity index is 2.09. The summed E-state index contributed by atoms with van der Waals surface area (Å²) in [5.41, 5.74) is 1.23. The summed E-state index contributed by atoms with van der Waals surface area (Å²) >= 11 is 0. The zero-order chi connectivity index (χ0) is 13.1. The van der Waals surface area contributed by atoms with Crippen molar-refractivity contribution in [2.75, 3.05) is 14.2 Å². The van der Waals surface area contributed by atoms with Crippen LogP contribution >= 0.6 is 0 Å². The van der Waals surface area contributed by atoms with Gasteiger partial charge in [0.2, 0.25) is 0 Å². The highest BCUT2D eigenvalue weighted by molar-refractivity contribution is 5.44. The zero-order valence-corrected chi connectivity index (χ0v) is 11.8. The molecule has 1 aromatic rings. The number of rotatable bonds is 6. The number of ether oxygens (including phenoxy) is 2. The van der Waals surface area contributed by atoms with E-state index in [0.29, 0.717) is 0 Å². The molecule has 0 aliphatic heterocycles. The van der Waals surface area contributed by atoms with Gasteiger partial charge in [-0.25, -0.2) is 0 Å². The lowest BCUT2D eigenvalue weighted by atomic mass is 9.88. The van der Waals surface area contributed by atoms with Crippen LogP contribution < -0.4 is 9.47 Å². The summed E-state index contributed by atoms with van der Waals surface area (Å²) in [6.45, 7) is 4.58. The minimum atomic E-state index is 0.794. The highest BCUT2D eigenvalue weighted by Crippen LogP contribution is 2.41. The standard InChI is InChI=1S/C16H23O2/c1-11(13-5-6-13)7-12(2)14-8-15(17-3)10-16(9-14)18-4/h8-11,13H,5-7H2,1-4H3. The maximum atomic E-state index is 5.32. The summed E-state index contributed by atoms with van der Waals surface area (Å²) in [6, 6.07) is 6.11. The predicted octanol–water partition coefficient (Wildman–Crippen LogP) is 4.08. The molecule has 0 N–H and O–H groups in total. The van der Waals surface area contributed by atoms with E-state index >= 15 is 0 Å². The topological polar surface area (TPSA) is 18.5 Å². The molecule has 2 rings (SSSR count). The van der Waals surface area contributed by atoms with Gasteiger partial charge in [-0.1, -0.05) is 13.8 Å². The van der Waals surface area contributed by atoms with Gasteiger partial charge >= 0.3 is 0 Å². The molecule has 1 radical (unpaired) electrons. The molecule has 1 fully saturated rings. The predicted molar refractivity (Wildman–Crippen MR) is 74.1 cm³/mol. The first-order chi connectivity index (χ1) is 8.63. The normalized spacial score (nSPS) is 16.7. The summed E-state index contributed by atoms with van der Waals surface area (Å²) in [7, 11) is 3.39. The van der Waals surface area contributed by atoms with Gasteiger partial charge in [-0.05, 0) is 48.8 Å². The van der Waals surface area contributed by atoms with Crippen molar-refractivity contribution < 1.29 is 9.47 Å². The Kier molecular flexibility index (Phi) is 4.15. The van der Waals surface area contributed by atoms with E-state index in [-0.39, 0.29) is 0 Å². The fourth-order valence-corrected chi connectivity index (χ4v) is 2.49.